The van der Waals surface area contributed by atoms with E-state index in [-0.39, 0.29) is 11.7 Å². The maximum absolute atomic E-state index is 12.3. The van der Waals surface area contributed by atoms with Gasteiger partial charge in [0, 0.05) is 37.8 Å². The second-order valence-electron chi connectivity index (χ2n) is 4.98. The lowest BCUT2D eigenvalue weighted by molar-refractivity contribution is -0.143. The molecule has 1 aromatic heterocycles. The Labute approximate surface area is 107 Å². The summed E-state index contributed by atoms with van der Waals surface area (Å²) < 4.78 is 0. The van der Waals surface area contributed by atoms with E-state index in [0.717, 1.165) is 12.1 Å². The van der Waals surface area contributed by atoms with E-state index in [9.17, 15) is 9.59 Å². The Kier molecular flexibility index (Phi) is 3.50. The first-order chi connectivity index (χ1) is 8.58. The van der Waals surface area contributed by atoms with Crippen LogP contribution in [0.1, 0.15) is 32.4 Å². The number of nitrogens with one attached hydrogen (secondary N) is 1. The third-order valence-electron chi connectivity index (χ3n) is 3.78. The van der Waals surface area contributed by atoms with Gasteiger partial charge in [0.1, 0.15) is 11.2 Å². The van der Waals surface area contributed by atoms with Crippen molar-refractivity contribution in [1.82, 2.24) is 14.9 Å². The van der Waals surface area contributed by atoms with Gasteiger partial charge in [-0.15, -0.1) is 0 Å². The predicted octanol–water partition coefficient (Wildman–Crippen LogP) is 1.17. The highest BCUT2D eigenvalue weighted by molar-refractivity contribution is 6.06. The third-order valence-corrected chi connectivity index (χ3v) is 3.78. The highest BCUT2D eigenvalue weighted by atomic mass is 16.2. The molecule has 1 fully saturated rings. The lowest BCUT2D eigenvalue weighted by Crippen LogP contribution is -2.38. The molecule has 1 aliphatic rings. The number of Topliss-reactive ketones (excluding diaryl/α,β-unsaturated/α-hetero) is 1. The number of likely N-dealkylation sites (tertiary alicyclic amines) is 1. The van der Waals surface area contributed by atoms with Gasteiger partial charge in [-0.3, -0.25) is 9.59 Å². The van der Waals surface area contributed by atoms with Crippen LogP contribution in [0.2, 0.25) is 0 Å². The van der Waals surface area contributed by atoms with Gasteiger partial charge in [-0.1, -0.05) is 6.92 Å². The monoisotopic (exact) mass is 249 g/mol. The van der Waals surface area contributed by atoms with Gasteiger partial charge in [0.25, 0.3) is 0 Å². The molecule has 5 nitrogen and oxygen atoms in total. The summed E-state index contributed by atoms with van der Waals surface area (Å²) in [6, 6.07) is 0. The number of amides is 1. The molecule has 0 bridgehead atoms. The van der Waals surface area contributed by atoms with Crippen LogP contribution in [-0.4, -0.2) is 39.6 Å². The van der Waals surface area contributed by atoms with Crippen LogP contribution in [0.15, 0.2) is 12.5 Å². The quantitative estimate of drug-likeness (QED) is 0.797. The maximum Gasteiger partial charge on any atom is 0.236 e. The van der Waals surface area contributed by atoms with Crippen LogP contribution < -0.4 is 0 Å². The number of H-pyrrole nitrogens is 1. The molecule has 0 aromatic carbocycles. The zero-order valence-electron chi connectivity index (χ0n) is 10.9. The Balaban J connectivity index is 1.97. The van der Waals surface area contributed by atoms with Crippen molar-refractivity contribution < 1.29 is 9.59 Å². The Morgan fingerprint density at radius 2 is 2.39 bits per heavy atom. The minimum absolute atomic E-state index is 0.0196. The fourth-order valence-corrected chi connectivity index (χ4v) is 2.46. The molecule has 0 spiro atoms. The van der Waals surface area contributed by atoms with Crippen LogP contribution >= 0.6 is 0 Å². The lowest BCUT2D eigenvalue weighted by Gasteiger charge is -2.21. The molecule has 0 aliphatic carbocycles. The van der Waals surface area contributed by atoms with Gasteiger partial charge in [0.05, 0.1) is 6.33 Å². The third kappa shape index (κ3) is 2.17. The maximum atomic E-state index is 12.3. The Morgan fingerprint density at radius 3 is 3.00 bits per heavy atom. The van der Waals surface area contributed by atoms with Gasteiger partial charge in [-0.25, -0.2) is 4.98 Å². The highest BCUT2D eigenvalue weighted by Gasteiger charge is 2.46. The van der Waals surface area contributed by atoms with Crippen molar-refractivity contribution in [1.29, 1.82) is 0 Å². The molecular formula is C13H19N3O2. The summed E-state index contributed by atoms with van der Waals surface area (Å²) in [5.41, 5.74) is 0.223. The summed E-state index contributed by atoms with van der Waals surface area (Å²) in [6.45, 7) is 4.91. The van der Waals surface area contributed by atoms with Crippen molar-refractivity contribution in [3.8, 4) is 0 Å². The van der Waals surface area contributed by atoms with E-state index in [0.29, 0.717) is 25.9 Å². The van der Waals surface area contributed by atoms with Crippen LogP contribution in [0.3, 0.4) is 0 Å². The standard InChI is InChI=1S/C13H19N3O2/c1-3-11(17)13(2)5-7-16(12(13)18)6-4-10-8-14-9-15-10/h8-9H,3-7H2,1-2H3,(H,14,15). The molecule has 1 aromatic rings. The summed E-state index contributed by atoms with van der Waals surface area (Å²) in [7, 11) is 0. The van der Waals surface area contributed by atoms with Crippen molar-refractivity contribution in [2.45, 2.75) is 33.1 Å². The number of hydrogen-bond acceptors (Lipinski definition) is 3. The number of imidazole rings is 1. The number of nitrogens with zero attached hydrogens (tertiary/aromatic N) is 2. The summed E-state index contributed by atoms with van der Waals surface area (Å²) in [4.78, 5) is 32.9. The molecule has 1 aliphatic heterocycles. The number of carbonyl (C=O) groups excluding carboxylic acids is 2. The number of ketones is 1. The SMILES string of the molecule is CCC(=O)C1(C)CCN(CCc2cnc[nH]2)C1=O. The fourth-order valence-electron chi connectivity index (χ4n) is 2.46. The molecule has 1 amide bonds. The van der Waals surface area contributed by atoms with Gasteiger partial charge < -0.3 is 9.88 Å². The minimum Gasteiger partial charge on any atom is -0.348 e. The molecule has 0 radical (unpaired) electrons. The van der Waals surface area contributed by atoms with E-state index in [1.54, 1.807) is 24.3 Å². The van der Waals surface area contributed by atoms with Crippen LogP contribution in [-0.2, 0) is 16.0 Å². The molecule has 1 saturated heterocycles. The first-order valence-corrected chi connectivity index (χ1v) is 6.38. The average Bonchev–Trinajstić information content (AvgIpc) is 2.98. The van der Waals surface area contributed by atoms with Gasteiger partial charge in [-0.05, 0) is 13.3 Å². The molecule has 1 unspecified atom stereocenters. The van der Waals surface area contributed by atoms with E-state index in [1.165, 1.54) is 0 Å². The zero-order valence-corrected chi connectivity index (χ0v) is 10.9. The second kappa shape index (κ2) is 4.92. The smallest absolute Gasteiger partial charge is 0.236 e. The summed E-state index contributed by atoms with van der Waals surface area (Å²) in [5, 5.41) is 0. The molecule has 2 heterocycles. The van der Waals surface area contributed by atoms with Gasteiger partial charge in [-0.2, -0.15) is 0 Å². The van der Waals surface area contributed by atoms with Crippen LogP contribution in [0.25, 0.3) is 0 Å². The predicted molar refractivity (Wildman–Crippen MR) is 66.9 cm³/mol. The Hall–Kier alpha value is -1.65. The first-order valence-electron chi connectivity index (χ1n) is 6.38. The van der Waals surface area contributed by atoms with Gasteiger partial charge in [0.15, 0.2) is 0 Å². The topological polar surface area (TPSA) is 66.1 Å². The second-order valence-corrected chi connectivity index (χ2v) is 4.98. The molecular weight excluding hydrogens is 230 g/mol. The normalized spacial score (nSPS) is 23.7. The first kappa shape index (κ1) is 12.8. The minimum atomic E-state index is -0.789. The van der Waals surface area contributed by atoms with Crippen LogP contribution in [0.5, 0.6) is 0 Å². The number of aromatic amines is 1. The lowest BCUT2D eigenvalue weighted by atomic mass is 9.83. The van der Waals surface area contributed by atoms with Crippen molar-refractivity contribution in [2.75, 3.05) is 13.1 Å². The number of rotatable bonds is 5. The molecule has 1 atom stereocenters. The molecule has 2 rings (SSSR count). The molecule has 98 valence electrons. The van der Waals surface area contributed by atoms with Gasteiger partial charge >= 0.3 is 0 Å². The fraction of sp³-hybridized carbons (Fsp3) is 0.615. The summed E-state index contributed by atoms with van der Waals surface area (Å²) in [5.74, 6) is 0.0328. The number of hydrogen-bond donors (Lipinski definition) is 1. The van der Waals surface area contributed by atoms with Crippen LogP contribution in [0.4, 0.5) is 0 Å². The number of carbonyl (C=O) groups is 2. The number of aromatic nitrogens is 2. The largest absolute Gasteiger partial charge is 0.348 e. The molecule has 1 N–H and O–H groups in total. The molecule has 18 heavy (non-hydrogen) atoms. The highest BCUT2D eigenvalue weighted by Crippen LogP contribution is 2.33. The Bertz CT molecular complexity index is 441. The van der Waals surface area contributed by atoms with Gasteiger partial charge in [0.2, 0.25) is 5.91 Å². The summed E-state index contributed by atoms with van der Waals surface area (Å²) >= 11 is 0. The van der Waals surface area contributed by atoms with E-state index < -0.39 is 5.41 Å². The molecule has 0 saturated carbocycles. The van der Waals surface area contributed by atoms with Crippen LogP contribution in [0, 0.1) is 5.41 Å². The molecule has 5 heteroatoms. The van der Waals surface area contributed by atoms with Crippen molar-refractivity contribution in [2.24, 2.45) is 5.41 Å². The van der Waals surface area contributed by atoms with Crippen molar-refractivity contribution >= 4 is 11.7 Å². The van der Waals surface area contributed by atoms with E-state index in [2.05, 4.69) is 9.97 Å². The van der Waals surface area contributed by atoms with E-state index >= 15 is 0 Å². The zero-order chi connectivity index (χ0) is 13.2. The van der Waals surface area contributed by atoms with Crippen molar-refractivity contribution in [3.05, 3.63) is 18.2 Å². The average molecular weight is 249 g/mol. The van der Waals surface area contributed by atoms with Crippen molar-refractivity contribution in [3.63, 3.8) is 0 Å². The van der Waals surface area contributed by atoms with E-state index in [4.69, 9.17) is 0 Å². The summed E-state index contributed by atoms with van der Waals surface area (Å²) in [6.07, 6.45) is 5.21. The Morgan fingerprint density at radius 1 is 1.61 bits per heavy atom. The van der Waals surface area contributed by atoms with E-state index in [1.807, 2.05) is 6.92 Å².